The Morgan fingerprint density at radius 1 is 1.10 bits per heavy atom. The van der Waals surface area contributed by atoms with Crippen molar-refractivity contribution >= 4 is 29.4 Å². The van der Waals surface area contributed by atoms with Crippen LogP contribution in [-0.4, -0.2) is 75.9 Å². The van der Waals surface area contributed by atoms with E-state index in [0.717, 1.165) is 6.33 Å². The molecule has 1 aromatic rings. The minimum absolute atomic E-state index is 0.279. The van der Waals surface area contributed by atoms with Crippen LogP contribution in [-0.2, 0) is 31.6 Å². The van der Waals surface area contributed by atoms with E-state index in [1.54, 1.807) is 0 Å². The number of rotatable bonds is 9. The molecule has 29 heavy (non-hydrogen) atoms. The van der Waals surface area contributed by atoms with Gasteiger partial charge < -0.3 is 39.8 Å². The van der Waals surface area contributed by atoms with Crippen molar-refractivity contribution in [1.29, 1.82) is 0 Å². The highest BCUT2D eigenvalue weighted by molar-refractivity contribution is 7.66. The predicted molar refractivity (Wildman–Crippen MR) is 86.8 cm³/mol. The quantitative estimate of drug-likeness (QED) is 0.166. The van der Waals surface area contributed by atoms with Gasteiger partial charge in [0.1, 0.15) is 24.6 Å². The highest BCUT2D eigenvalue weighted by atomic mass is 31.3. The van der Waals surface area contributed by atoms with Gasteiger partial charge >= 0.3 is 29.2 Å². The highest BCUT2D eigenvalue weighted by Gasteiger charge is 2.46. The number of aromatic nitrogens is 3. The van der Waals surface area contributed by atoms with Crippen molar-refractivity contribution in [2.24, 2.45) is 0 Å². The lowest BCUT2D eigenvalue weighted by Crippen LogP contribution is -2.37. The maximum atomic E-state index is 11.6. The molecule has 3 unspecified atom stereocenters. The third-order valence-corrected chi connectivity index (χ3v) is 6.84. The van der Waals surface area contributed by atoms with Crippen LogP contribution in [0, 0.1) is 0 Å². The van der Waals surface area contributed by atoms with E-state index in [1.165, 1.54) is 0 Å². The zero-order valence-corrected chi connectivity index (χ0v) is 16.5. The molecule has 0 aliphatic carbocycles. The predicted octanol–water partition coefficient (Wildman–Crippen LogP) is -2.63. The second kappa shape index (κ2) is 8.95. The van der Waals surface area contributed by atoms with Crippen molar-refractivity contribution in [2.45, 2.75) is 24.5 Å². The summed E-state index contributed by atoms with van der Waals surface area (Å²) < 4.78 is 49.9. The van der Waals surface area contributed by atoms with Gasteiger partial charge in [0.25, 0.3) is 0 Å². The van der Waals surface area contributed by atoms with Crippen molar-refractivity contribution in [3.8, 4) is 0 Å². The van der Waals surface area contributed by atoms with Crippen molar-refractivity contribution in [1.82, 2.24) is 15.0 Å². The molecule has 2 heterocycles. The van der Waals surface area contributed by atoms with Crippen LogP contribution >= 0.6 is 23.5 Å². The van der Waals surface area contributed by atoms with Crippen LogP contribution in [0.25, 0.3) is 0 Å². The summed E-state index contributed by atoms with van der Waals surface area (Å²) in [7, 11) is -16.7. The van der Waals surface area contributed by atoms with Crippen LogP contribution in [0.1, 0.15) is 0 Å². The Morgan fingerprint density at radius 2 is 1.76 bits per heavy atom. The molecule has 0 aromatic carbocycles. The molecule has 1 aliphatic rings. The molecule has 166 valence electrons. The number of aliphatic hydroxyl groups excluding tert-OH is 2. The van der Waals surface area contributed by atoms with Crippen LogP contribution in [0.5, 0.6) is 0 Å². The molecule has 0 amide bonds. The molecular formula is C8H15N4O14P3. The molecule has 1 aliphatic heterocycles. The molecule has 1 saturated heterocycles. The zero-order chi connectivity index (χ0) is 22.0. The molecular weight excluding hydrogens is 469 g/mol. The number of anilines is 1. The fourth-order valence-corrected chi connectivity index (χ4v) is 5.01. The Bertz CT molecular complexity index is 918. The van der Waals surface area contributed by atoms with Gasteiger partial charge in [0.15, 0.2) is 6.23 Å². The van der Waals surface area contributed by atoms with Crippen LogP contribution in [0.4, 0.5) is 5.95 Å². The van der Waals surface area contributed by atoms with E-state index in [9.17, 15) is 33.6 Å². The molecule has 1 fully saturated rings. The van der Waals surface area contributed by atoms with E-state index in [4.69, 9.17) is 19.4 Å². The minimum atomic E-state index is -5.70. The second-order valence-corrected chi connectivity index (χ2v) is 9.67. The van der Waals surface area contributed by atoms with Gasteiger partial charge in [0.05, 0.1) is 6.61 Å². The van der Waals surface area contributed by atoms with E-state index in [-0.39, 0.29) is 5.95 Å². The van der Waals surface area contributed by atoms with Crippen LogP contribution in [0.15, 0.2) is 11.1 Å². The average Bonchev–Trinajstić information content (AvgIpc) is 2.77. The van der Waals surface area contributed by atoms with Crippen molar-refractivity contribution < 1.29 is 61.4 Å². The lowest BCUT2D eigenvalue weighted by atomic mass is 10.1. The Balaban J connectivity index is 1.96. The summed E-state index contributed by atoms with van der Waals surface area (Å²) in [5.74, 6) is -0.279. The maximum absolute atomic E-state index is 11.6. The first kappa shape index (κ1) is 24.2. The fraction of sp³-hybridized carbons (Fsp3) is 0.625. The molecule has 8 N–H and O–H groups in total. The van der Waals surface area contributed by atoms with Gasteiger partial charge in [-0.2, -0.15) is 13.6 Å². The smallest absolute Gasteiger partial charge is 0.387 e. The fourth-order valence-electron chi connectivity index (χ4n) is 1.98. The van der Waals surface area contributed by atoms with Crippen molar-refractivity contribution in [2.75, 3.05) is 11.9 Å². The summed E-state index contributed by atoms with van der Waals surface area (Å²) in [6, 6.07) is 0. The van der Waals surface area contributed by atoms with Gasteiger partial charge in [-0.05, 0) is 0 Å². The average molecular weight is 484 g/mol. The lowest BCUT2D eigenvalue weighted by Gasteiger charge is -2.19. The number of aliphatic hydroxyl groups is 2. The molecule has 0 spiro atoms. The number of aromatic amines is 1. The number of ether oxygens (including phenoxy) is 1. The highest BCUT2D eigenvalue weighted by Crippen LogP contribution is 2.66. The summed E-state index contributed by atoms with van der Waals surface area (Å²) in [4.78, 5) is 55.5. The van der Waals surface area contributed by atoms with E-state index in [0.29, 0.717) is 0 Å². The van der Waals surface area contributed by atoms with Crippen molar-refractivity contribution in [3.63, 3.8) is 0 Å². The van der Waals surface area contributed by atoms with E-state index in [2.05, 4.69) is 33.4 Å². The number of phosphoric ester groups is 1. The monoisotopic (exact) mass is 484 g/mol. The molecule has 0 saturated carbocycles. The summed E-state index contributed by atoms with van der Waals surface area (Å²) in [6.07, 6.45) is -5.24. The second-order valence-electron chi connectivity index (χ2n) is 5.25. The Kier molecular flexibility index (Phi) is 7.46. The Morgan fingerprint density at radius 3 is 2.34 bits per heavy atom. The van der Waals surface area contributed by atoms with Gasteiger partial charge in [-0.1, -0.05) is 0 Å². The number of nitrogens with one attached hydrogen (secondary N) is 2. The van der Waals surface area contributed by atoms with Crippen LogP contribution in [0.2, 0.25) is 0 Å². The first-order valence-electron chi connectivity index (χ1n) is 7.16. The third kappa shape index (κ3) is 7.58. The molecule has 6 atom stereocenters. The zero-order valence-electron chi connectivity index (χ0n) is 13.8. The van der Waals surface area contributed by atoms with Gasteiger partial charge in [-0.25, -0.2) is 23.5 Å². The number of phosphoric acid groups is 3. The Hall–Kier alpha value is -1.10. The molecule has 21 heteroatoms. The summed E-state index contributed by atoms with van der Waals surface area (Å²) >= 11 is 0. The van der Waals surface area contributed by atoms with Crippen LogP contribution < -0.4 is 11.0 Å². The van der Waals surface area contributed by atoms with E-state index < -0.39 is 60.3 Å². The lowest BCUT2D eigenvalue weighted by molar-refractivity contribution is -0.0152. The molecule has 1 aromatic heterocycles. The summed E-state index contributed by atoms with van der Waals surface area (Å²) in [6.45, 7) is -0.990. The number of hydrogen-bond acceptors (Lipinski definition) is 13. The molecule has 2 rings (SSSR count). The largest absolute Gasteiger partial charge is 0.490 e. The maximum Gasteiger partial charge on any atom is 0.490 e. The Labute approximate surface area is 159 Å². The molecule has 18 nitrogen and oxygen atoms in total. The number of H-pyrrole nitrogens is 1. The first-order valence-corrected chi connectivity index (χ1v) is 11.7. The van der Waals surface area contributed by atoms with Crippen molar-refractivity contribution in [3.05, 3.63) is 16.8 Å². The topological polar surface area (TPSA) is 280 Å². The van der Waals surface area contributed by atoms with Gasteiger partial charge in [-0.15, -0.1) is 0 Å². The van der Waals surface area contributed by atoms with Crippen LogP contribution in [0.3, 0.4) is 0 Å². The standard InChI is InChI=1S/C8H15N4O14P3/c13-4-3(1-23-28(19,20)26-29(21,22)25-27(16,17)18)24-6(5(4)14)11-7-9-2-10-8(15)12-7/h2-6,13-14H,1H2,(H,19,20)(H,21,22)(H2,16,17,18)(H2,9,10,11,12,15)/t3-,4-,5+,6?/m1/s1. The van der Waals surface area contributed by atoms with Gasteiger partial charge in [-0.3, -0.25) is 9.51 Å². The first-order chi connectivity index (χ1) is 13.2. The summed E-state index contributed by atoms with van der Waals surface area (Å²) in [5, 5.41) is 22.2. The van der Waals surface area contributed by atoms with Gasteiger partial charge in [0, 0.05) is 0 Å². The molecule has 0 radical (unpaired) electrons. The number of hydrogen-bond donors (Lipinski definition) is 8. The normalized spacial score (nSPS) is 29.2. The SMILES string of the molecule is O=c1nc(NC2O[C@H](COP(=O)(O)OP(=O)(O)OP(=O)(O)O)[C@@H](O)[C@@H]2O)nc[nH]1. The molecule has 0 bridgehead atoms. The third-order valence-electron chi connectivity index (χ3n) is 3.03. The minimum Gasteiger partial charge on any atom is -0.387 e. The van der Waals surface area contributed by atoms with E-state index in [1.807, 2.05) is 0 Å². The van der Waals surface area contributed by atoms with Gasteiger partial charge in [0.2, 0.25) is 5.95 Å². The van der Waals surface area contributed by atoms with E-state index >= 15 is 0 Å². The number of nitrogens with zero attached hydrogens (tertiary/aromatic N) is 2. The summed E-state index contributed by atoms with van der Waals surface area (Å²) in [5.41, 5.74) is -0.778.